The lowest BCUT2D eigenvalue weighted by atomic mass is 9.92. The maximum atomic E-state index is 15.5. The molecule has 0 unspecified atom stereocenters. The molecule has 2 amide bonds. The van der Waals surface area contributed by atoms with Gasteiger partial charge in [0.15, 0.2) is 0 Å². The van der Waals surface area contributed by atoms with Crippen molar-refractivity contribution >= 4 is 33.4 Å². The Hall–Kier alpha value is -4.34. The summed E-state index contributed by atoms with van der Waals surface area (Å²) < 4.78 is 163. The molecule has 0 aliphatic heterocycles. The molecule has 3 aromatic rings. The van der Waals surface area contributed by atoms with E-state index in [-0.39, 0.29) is 6.07 Å². The summed E-state index contributed by atoms with van der Waals surface area (Å²) in [4.78, 5) is 28.7. The Balaban J connectivity index is 2.16. The molecule has 2 N–H and O–H groups in total. The number of anilines is 1. The van der Waals surface area contributed by atoms with Gasteiger partial charge < -0.3 is 10.6 Å². The fourth-order valence-corrected chi connectivity index (χ4v) is 4.31. The second kappa shape index (κ2) is 12.0. The SMILES string of the molecule is N#CCNC(=O)c1ccc(F)nc1-c1cccc(C(=O)Nc2c(Br)cc(C(F)(C(F)(F)F)C(F)(F)F)cc2C(F)(F)F)c1F. The number of carbonyl (C=O) groups excluding carboxylic acids is 2. The predicted molar refractivity (Wildman–Crippen MR) is 130 cm³/mol. The Kier molecular flexibility index (Phi) is 9.30. The molecule has 0 fully saturated rings. The standard InChI is InChI=1S/C25H11BrF12N4O2/c26-15-9-10(22(29,24(33,34)35)25(36,37)38)8-14(23(30,31)32)19(15)42-21(44)12-3-1-2-11(17(12)28)18-13(4-5-16(27)41-18)20(43)40-7-6-39/h1-5,8-9H,7H2,(H,40,43)(H,42,44). The van der Waals surface area contributed by atoms with Gasteiger partial charge in [0.2, 0.25) is 5.95 Å². The highest BCUT2D eigenvalue weighted by atomic mass is 79.9. The largest absolute Gasteiger partial charge is 0.435 e. The second-order valence-electron chi connectivity index (χ2n) is 8.52. The number of halogens is 13. The van der Waals surface area contributed by atoms with Gasteiger partial charge in [0.1, 0.15) is 12.4 Å². The summed E-state index contributed by atoms with van der Waals surface area (Å²) in [5, 5.41) is 12.2. The van der Waals surface area contributed by atoms with Gasteiger partial charge in [0.05, 0.1) is 34.1 Å². The van der Waals surface area contributed by atoms with Crippen molar-refractivity contribution in [3.05, 3.63) is 81.0 Å². The van der Waals surface area contributed by atoms with Crippen LogP contribution in [-0.4, -0.2) is 35.7 Å². The molecule has 0 saturated carbocycles. The monoisotopic (exact) mass is 706 g/mol. The van der Waals surface area contributed by atoms with Gasteiger partial charge in [-0.05, 0) is 52.3 Å². The van der Waals surface area contributed by atoms with Crippen LogP contribution in [0.3, 0.4) is 0 Å². The zero-order chi connectivity index (χ0) is 33.4. The Morgan fingerprint density at radius 3 is 2.02 bits per heavy atom. The van der Waals surface area contributed by atoms with Crippen LogP contribution in [-0.2, 0) is 11.8 Å². The number of hydrogen-bond acceptors (Lipinski definition) is 4. The summed E-state index contributed by atoms with van der Waals surface area (Å²) in [6, 6.07) is 4.50. The number of nitriles is 1. The minimum Gasteiger partial charge on any atom is -0.339 e. The van der Waals surface area contributed by atoms with Crippen molar-refractivity contribution in [3.8, 4) is 17.3 Å². The average molecular weight is 707 g/mol. The van der Waals surface area contributed by atoms with Crippen molar-refractivity contribution in [3.63, 3.8) is 0 Å². The van der Waals surface area contributed by atoms with Gasteiger partial charge in [-0.25, -0.2) is 13.8 Å². The van der Waals surface area contributed by atoms with E-state index < -0.39 is 104 Å². The minimum absolute atomic E-state index is 0.290. The highest BCUT2D eigenvalue weighted by Gasteiger charge is 2.73. The third kappa shape index (κ3) is 6.44. The number of amides is 2. The number of benzene rings is 2. The minimum atomic E-state index is -6.77. The topological polar surface area (TPSA) is 94.9 Å². The van der Waals surface area contributed by atoms with Crippen LogP contribution < -0.4 is 10.6 Å². The van der Waals surface area contributed by atoms with E-state index in [1.54, 1.807) is 6.07 Å². The molecule has 1 heterocycles. The summed E-state index contributed by atoms with van der Waals surface area (Å²) in [6.45, 7) is -0.536. The molecule has 1 aromatic heterocycles. The molecule has 3 rings (SSSR count). The van der Waals surface area contributed by atoms with E-state index in [2.05, 4.69) is 26.2 Å². The average Bonchev–Trinajstić information content (AvgIpc) is 2.90. The molecule has 234 valence electrons. The van der Waals surface area contributed by atoms with Gasteiger partial charge in [0.25, 0.3) is 11.8 Å². The number of rotatable bonds is 6. The number of aromatic nitrogens is 1. The first kappa shape index (κ1) is 34.2. The molecule has 0 aliphatic rings. The fourth-order valence-electron chi connectivity index (χ4n) is 3.75. The lowest BCUT2D eigenvalue weighted by molar-refractivity contribution is -0.348. The van der Waals surface area contributed by atoms with E-state index in [0.717, 1.165) is 18.2 Å². The Morgan fingerprint density at radius 1 is 0.864 bits per heavy atom. The van der Waals surface area contributed by atoms with Crippen LogP contribution in [0.2, 0.25) is 0 Å². The fraction of sp³-hybridized carbons (Fsp3) is 0.200. The van der Waals surface area contributed by atoms with Gasteiger partial charge in [-0.1, -0.05) is 6.07 Å². The summed E-state index contributed by atoms with van der Waals surface area (Å²) in [6.07, 6.45) is -19.3. The first-order chi connectivity index (χ1) is 20.1. The third-order valence-corrected chi connectivity index (χ3v) is 6.37. The molecule has 44 heavy (non-hydrogen) atoms. The van der Waals surface area contributed by atoms with Crippen LogP contribution in [0.5, 0.6) is 0 Å². The van der Waals surface area contributed by atoms with E-state index >= 15 is 4.39 Å². The molecular weight excluding hydrogens is 696 g/mol. The van der Waals surface area contributed by atoms with Crippen molar-refractivity contribution in [2.75, 3.05) is 11.9 Å². The van der Waals surface area contributed by atoms with Crippen molar-refractivity contribution in [1.82, 2.24) is 10.3 Å². The maximum absolute atomic E-state index is 15.5. The van der Waals surface area contributed by atoms with Gasteiger partial charge in [-0.2, -0.15) is 49.2 Å². The van der Waals surface area contributed by atoms with Crippen molar-refractivity contribution in [2.45, 2.75) is 24.2 Å². The number of carbonyl (C=O) groups is 2. The second-order valence-corrected chi connectivity index (χ2v) is 9.38. The zero-order valence-corrected chi connectivity index (χ0v) is 22.5. The molecule has 19 heteroatoms. The lowest BCUT2D eigenvalue weighted by Gasteiger charge is -2.31. The number of nitrogens with one attached hydrogen (secondary N) is 2. The molecule has 0 aliphatic carbocycles. The third-order valence-electron chi connectivity index (χ3n) is 5.75. The number of pyridine rings is 1. The van der Waals surface area contributed by atoms with Crippen molar-refractivity contribution in [2.24, 2.45) is 0 Å². The van der Waals surface area contributed by atoms with Crippen LogP contribution >= 0.6 is 15.9 Å². The molecular formula is C25H11BrF12N4O2. The normalized spacial score (nSPS) is 12.5. The zero-order valence-electron chi connectivity index (χ0n) is 20.9. The molecule has 6 nitrogen and oxygen atoms in total. The number of nitrogens with zero attached hydrogens (tertiary/aromatic N) is 2. The molecule has 0 radical (unpaired) electrons. The Labute approximate surface area is 245 Å². The van der Waals surface area contributed by atoms with Gasteiger partial charge in [0, 0.05) is 15.6 Å². The van der Waals surface area contributed by atoms with Gasteiger partial charge >= 0.3 is 24.2 Å². The highest BCUT2D eigenvalue weighted by Crippen LogP contribution is 2.55. The van der Waals surface area contributed by atoms with Crippen molar-refractivity contribution < 1.29 is 62.3 Å². The highest BCUT2D eigenvalue weighted by molar-refractivity contribution is 9.10. The van der Waals surface area contributed by atoms with Gasteiger partial charge in [-0.15, -0.1) is 0 Å². The quantitative estimate of drug-likeness (QED) is 0.157. The van der Waals surface area contributed by atoms with Crippen molar-refractivity contribution in [1.29, 1.82) is 5.26 Å². The molecule has 0 bridgehead atoms. The maximum Gasteiger partial charge on any atom is 0.435 e. The Morgan fingerprint density at radius 2 is 1.48 bits per heavy atom. The van der Waals surface area contributed by atoms with E-state index in [1.807, 2.05) is 0 Å². The van der Waals surface area contributed by atoms with Crippen LogP contribution in [0, 0.1) is 23.1 Å². The lowest BCUT2D eigenvalue weighted by Crippen LogP contribution is -2.50. The predicted octanol–water partition coefficient (Wildman–Crippen LogP) is 7.60. The van der Waals surface area contributed by atoms with Crippen LogP contribution in [0.1, 0.15) is 31.8 Å². The first-order valence-corrected chi connectivity index (χ1v) is 12.1. The molecule has 0 saturated heterocycles. The van der Waals surface area contributed by atoms with E-state index in [1.165, 1.54) is 5.32 Å². The number of alkyl halides is 10. The van der Waals surface area contributed by atoms with Gasteiger partial charge in [-0.3, -0.25) is 9.59 Å². The molecule has 0 atom stereocenters. The summed E-state index contributed by atoms with van der Waals surface area (Å²) in [7, 11) is 0. The smallest absolute Gasteiger partial charge is 0.339 e. The summed E-state index contributed by atoms with van der Waals surface area (Å²) in [5.41, 5.74) is -15.7. The molecule has 0 spiro atoms. The van der Waals surface area contributed by atoms with Crippen LogP contribution in [0.4, 0.5) is 58.4 Å². The van der Waals surface area contributed by atoms with E-state index in [4.69, 9.17) is 5.26 Å². The summed E-state index contributed by atoms with van der Waals surface area (Å²) >= 11 is 2.31. The molecule has 2 aromatic carbocycles. The van der Waals surface area contributed by atoms with Crippen LogP contribution in [0.25, 0.3) is 11.3 Å². The Bertz CT molecular complexity index is 1650. The summed E-state index contributed by atoms with van der Waals surface area (Å²) in [5.74, 6) is -5.64. The number of hydrogen-bond donors (Lipinski definition) is 2. The van der Waals surface area contributed by atoms with E-state index in [0.29, 0.717) is 12.1 Å². The first-order valence-electron chi connectivity index (χ1n) is 11.3. The van der Waals surface area contributed by atoms with Crippen LogP contribution in [0.15, 0.2) is 46.9 Å². The van der Waals surface area contributed by atoms with E-state index in [9.17, 15) is 57.9 Å².